The van der Waals surface area contributed by atoms with Crippen molar-refractivity contribution in [1.29, 1.82) is 0 Å². The van der Waals surface area contributed by atoms with Crippen LogP contribution in [0.4, 0.5) is 0 Å². The van der Waals surface area contributed by atoms with E-state index >= 15 is 0 Å². The Labute approximate surface area is 124 Å². The van der Waals surface area contributed by atoms with Gasteiger partial charge < -0.3 is 9.64 Å². The van der Waals surface area contributed by atoms with E-state index in [2.05, 4.69) is 22.3 Å². The molecule has 0 aromatic carbocycles. The van der Waals surface area contributed by atoms with Gasteiger partial charge >= 0.3 is 0 Å². The Bertz CT molecular complexity index is 366. The predicted octanol–water partition coefficient (Wildman–Crippen LogP) is 3.32. The van der Waals surface area contributed by atoms with Crippen molar-refractivity contribution in [2.75, 3.05) is 26.8 Å². The van der Waals surface area contributed by atoms with Gasteiger partial charge in [-0.3, -0.25) is 0 Å². The Morgan fingerprint density at radius 1 is 1.42 bits per heavy atom. The molecule has 1 aliphatic heterocycles. The topological polar surface area (TPSA) is 25.4 Å². The second-order valence-corrected chi connectivity index (χ2v) is 6.36. The largest absolute Gasteiger partial charge is 0.381 e. The first-order valence-electron chi connectivity index (χ1n) is 7.07. The third-order valence-corrected chi connectivity index (χ3v) is 4.93. The summed E-state index contributed by atoms with van der Waals surface area (Å²) in [6, 6.07) is 0.719. The number of ether oxygens (including phenoxy) is 1. The Balaban J connectivity index is 1.60. The first-order valence-corrected chi connectivity index (χ1v) is 8.48. The van der Waals surface area contributed by atoms with Crippen LogP contribution in [0.15, 0.2) is 5.38 Å². The molecule has 1 aliphatic rings. The quantitative estimate of drug-likeness (QED) is 0.571. The molecule has 0 radical (unpaired) electrons. The van der Waals surface area contributed by atoms with Crippen molar-refractivity contribution in [3.63, 3.8) is 0 Å². The van der Waals surface area contributed by atoms with Crippen molar-refractivity contribution in [3.05, 3.63) is 16.1 Å². The molecule has 0 N–H and O–H groups in total. The van der Waals surface area contributed by atoms with Crippen molar-refractivity contribution < 1.29 is 4.74 Å². The zero-order valence-corrected chi connectivity index (χ0v) is 13.2. The van der Waals surface area contributed by atoms with Gasteiger partial charge in [0.15, 0.2) is 0 Å². The maximum Gasteiger partial charge on any atom is 0.0928 e. The van der Waals surface area contributed by atoms with Crippen LogP contribution in [-0.4, -0.2) is 42.7 Å². The van der Waals surface area contributed by atoms with E-state index in [-0.39, 0.29) is 0 Å². The monoisotopic (exact) mass is 302 g/mol. The number of aromatic nitrogens is 1. The number of halogens is 1. The van der Waals surface area contributed by atoms with Gasteiger partial charge in [0.1, 0.15) is 0 Å². The summed E-state index contributed by atoms with van der Waals surface area (Å²) in [5, 5.41) is 3.29. The minimum absolute atomic E-state index is 0.531. The van der Waals surface area contributed by atoms with Gasteiger partial charge in [0.25, 0.3) is 0 Å². The SMILES string of the molecule is CN(CCCCc1nc(CCl)cs1)C1CCOCC1. The maximum absolute atomic E-state index is 5.76. The summed E-state index contributed by atoms with van der Waals surface area (Å²) in [6.45, 7) is 3.03. The van der Waals surface area contributed by atoms with Gasteiger partial charge in [-0.2, -0.15) is 0 Å². The van der Waals surface area contributed by atoms with Gasteiger partial charge in [-0.25, -0.2) is 4.98 Å². The third-order valence-electron chi connectivity index (χ3n) is 3.70. The van der Waals surface area contributed by atoms with E-state index in [4.69, 9.17) is 16.3 Å². The number of rotatable bonds is 7. The molecule has 1 fully saturated rings. The molecule has 2 rings (SSSR count). The molecule has 0 amide bonds. The molecule has 1 saturated heterocycles. The van der Waals surface area contributed by atoms with Crippen LogP contribution in [0.25, 0.3) is 0 Å². The predicted molar refractivity (Wildman–Crippen MR) is 81.1 cm³/mol. The van der Waals surface area contributed by atoms with Gasteiger partial charge in [-0.1, -0.05) is 0 Å². The van der Waals surface area contributed by atoms with Gasteiger partial charge in [0.05, 0.1) is 16.6 Å². The number of hydrogen-bond donors (Lipinski definition) is 0. The molecule has 0 saturated carbocycles. The molecule has 108 valence electrons. The summed E-state index contributed by atoms with van der Waals surface area (Å²) < 4.78 is 5.40. The maximum atomic E-state index is 5.76. The summed E-state index contributed by atoms with van der Waals surface area (Å²) in [7, 11) is 2.24. The second kappa shape index (κ2) is 8.20. The number of unbranched alkanes of at least 4 members (excludes halogenated alkanes) is 1. The molecule has 1 aromatic rings. The number of thiazole rings is 1. The van der Waals surface area contributed by atoms with Gasteiger partial charge in [-0.15, -0.1) is 22.9 Å². The lowest BCUT2D eigenvalue weighted by molar-refractivity contribution is 0.0426. The molecular weight excluding hydrogens is 280 g/mol. The summed E-state index contributed by atoms with van der Waals surface area (Å²) in [5.74, 6) is 0.531. The van der Waals surface area contributed by atoms with Gasteiger partial charge in [0.2, 0.25) is 0 Å². The lowest BCUT2D eigenvalue weighted by Crippen LogP contribution is -2.37. The average molecular weight is 303 g/mol. The van der Waals surface area contributed by atoms with Gasteiger partial charge in [-0.05, 0) is 45.7 Å². The molecule has 5 heteroatoms. The number of nitrogens with zero attached hydrogens (tertiary/aromatic N) is 2. The van der Waals surface area contributed by atoms with Crippen LogP contribution in [0.3, 0.4) is 0 Å². The average Bonchev–Trinajstić information content (AvgIpc) is 2.92. The van der Waals surface area contributed by atoms with Crippen LogP contribution in [0.2, 0.25) is 0 Å². The molecule has 0 atom stereocenters. The van der Waals surface area contributed by atoms with E-state index in [1.165, 1.54) is 37.2 Å². The molecule has 0 bridgehead atoms. The summed E-state index contributed by atoms with van der Waals surface area (Å²) >= 11 is 7.49. The molecule has 0 unspecified atom stereocenters. The first-order chi connectivity index (χ1) is 9.29. The van der Waals surface area contributed by atoms with E-state index in [0.717, 1.165) is 31.4 Å². The smallest absolute Gasteiger partial charge is 0.0928 e. The minimum Gasteiger partial charge on any atom is -0.381 e. The zero-order valence-electron chi connectivity index (χ0n) is 11.6. The van der Waals surface area contributed by atoms with Crippen LogP contribution in [-0.2, 0) is 17.0 Å². The first kappa shape index (κ1) is 15.2. The van der Waals surface area contributed by atoms with Crippen molar-refractivity contribution in [3.8, 4) is 0 Å². The lowest BCUT2D eigenvalue weighted by atomic mass is 10.1. The van der Waals surface area contributed by atoms with E-state index in [1.807, 2.05) is 0 Å². The lowest BCUT2D eigenvalue weighted by Gasteiger charge is -2.31. The second-order valence-electron chi connectivity index (χ2n) is 5.15. The molecule has 1 aromatic heterocycles. The fourth-order valence-corrected chi connectivity index (χ4v) is 3.54. The molecule has 3 nitrogen and oxygen atoms in total. The fraction of sp³-hybridized carbons (Fsp3) is 0.786. The zero-order chi connectivity index (χ0) is 13.5. The molecular formula is C14H23ClN2OS. The standard InChI is InChI=1S/C14H23ClN2OS/c1-17(13-5-8-18-9-6-13)7-3-2-4-14-16-12(10-15)11-19-14/h11,13H,2-10H2,1H3. The molecule has 19 heavy (non-hydrogen) atoms. The van der Waals surface area contributed by atoms with E-state index in [9.17, 15) is 0 Å². The minimum atomic E-state index is 0.531. The highest BCUT2D eigenvalue weighted by Gasteiger charge is 2.17. The van der Waals surface area contributed by atoms with Crippen molar-refractivity contribution in [1.82, 2.24) is 9.88 Å². The van der Waals surface area contributed by atoms with Crippen LogP contribution >= 0.6 is 22.9 Å². The fourth-order valence-electron chi connectivity index (χ4n) is 2.47. The van der Waals surface area contributed by atoms with Crippen LogP contribution in [0.1, 0.15) is 36.4 Å². The molecule has 0 aliphatic carbocycles. The van der Waals surface area contributed by atoms with Crippen molar-refractivity contribution in [2.45, 2.75) is 44.0 Å². The Morgan fingerprint density at radius 3 is 2.89 bits per heavy atom. The van der Waals surface area contributed by atoms with Crippen LogP contribution in [0.5, 0.6) is 0 Å². The highest BCUT2D eigenvalue weighted by molar-refractivity contribution is 7.09. The van der Waals surface area contributed by atoms with Crippen molar-refractivity contribution >= 4 is 22.9 Å². The van der Waals surface area contributed by atoms with E-state index < -0.39 is 0 Å². The highest BCUT2D eigenvalue weighted by atomic mass is 35.5. The molecule has 2 heterocycles. The van der Waals surface area contributed by atoms with E-state index in [1.54, 1.807) is 11.3 Å². The number of hydrogen-bond acceptors (Lipinski definition) is 4. The summed E-state index contributed by atoms with van der Waals surface area (Å²) in [6.07, 6.45) is 5.90. The Kier molecular flexibility index (Phi) is 6.57. The number of alkyl halides is 1. The highest BCUT2D eigenvalue weighted by Crippen LogP contribution is 2.16. The van der Waals surface area contributed by atoms with Crippen LogP contribution < -0.4 is 0 Å². The Morgan fingerprint density at radius 2 is 2.21 bits per heavy atom. The summed E-state index contributed by atoms with van der Waals surface area (Å²) in [4.78, 5) is 6.99. The van der Waals surface area contributed by atoms with Crippen LogP contribution in [0, 0.1) is 0 Å². The van der Waals surface area contributed by atoms with Crippen molar-refractivity contribution in [2.24, 2.45) is 0 Å². The molecule has 0 spiro atoms. The third kappa shape index (κ3) is 5.03. The Hall–Kier alpha value is -0.160. The summed E-state index contributed by atoms with van der Waals surface area (Å²) in [5.41, 5.74) is 1.01. The van der Waals surface area contributed by atoms with Gasteiger partial charge in [0, 0.05) is 24.6 Å². The number of aryl methyl sites for hydroxylation is 1. The van der Waals surface area contributed by atoms with E-state index in [0.29, 0.717) is 5.88 Å². The normalized spacial score (nSPS) is 17.2.